The Morgan fingerprint density at radius 1 is 1.15 bits per heavy atom. The summed E-state index contributed by atoms with van der Waals surface area (Å²) in [5, 5.41) is 0. The number of aromatic nitrogens is 1. The van der Waals surface area contributed by atoms with Gasteiger partial charge >= 0.3 is 5.97 Å². The zero-order valence-corrected chi connectivity index (χ0v) is 11.1. The number of pyridine rings is 1. The number of nitrogens with zero attached hydrogens (tertiary/aromatic N) is 1. The van der Waals surface area contributed by atoms with Gasteiger partial charge in [-0.25, -0.2) is 9.78 Å². The summed E-state index contributed by atoms with van der Waals surface area (Å²) < 4.78 is 15.4. The van der Waals surface area contributed by atoms with Gasteiger partial charge in [-0.05, 0) is 24.3 Å². The molecule has 0 saturated carbocycles. The molecule has 0 atom stereocenters. The van der Waals surface area contributed by atoms with Crippen molar-refractivity contribution in [3.05, 3.63) is 42.1 Å². The van der Waals surface area contributed by atoms with Gasteiger partial charge in [0.25, 0.3) is 0 Å². The van der Waals surface area contributed by atoms with Crippen LogP contribution in [0.15, 0.2) is 36.5 Å². The van der Waals surface area contributed by atoms with Crippen LogP contribution in [0.2, 0.25) is 0 Å². The van der Waals surface area contributed by atoms with Gasteiger partial charge in [-0.1, -0.05) is 0 Å². The highest BCUT2D eigenvalue weighted by Crippen LogP contribution is 2.31. The van der Waals surface area contributed by atoms with Gasteiger partial charge in [0.1, 0.15) is 0 Å². The maximum absolute atomic E-state index is 11.5. The first-order valence-electron chi connectivity index (χ1n) is 5.79. The van der Waals surface area contributed by atoms with Gasteiger partial charge in [-0.3, -0.25) is 0 Å². The number of rotatable bonds is 4. The van der Waals surface area contributed by atoms with E-state index in [0.29, 0.717) is 28.6 Å². The third-order valence-electron chi connectivity index (χ3n) is 2.56. The number of carbonyl (C=O) groups is 1. The average molecular weight is 274 g/mol. The molecular formula is C14H14N2O4. The molecule has 20 heavy (non-hydrogen) atoms. The summed E-state index contributed by atoms with van der Waals surface area (Å²) in [4.78, 5) is 15.5. The van der Waals surface area contributed by atoms with Crippen LogP contribution in [0.5, 0.6) is 17.4 Å². The minimum absolute atomic E-state index is 0.347. The van der Waals surface area contributed by atoms with E-state index in [1.807, 2.05) is 0 Å². The molecular weight excluding hydrogens is 260 g/mol. The Balaban J connectivity index is 2.33. The molecule has 6 nitrogen and oxygen atoms in total. The average Bonchev–Trinajstić information content (AvgIpc) is 2.48. The maximum Gasteiger partial charge on any atom is 0.337 e. The Bertz CT molecular complexity index is 611. The zero-order valence-electron chi connectivity index (χ0n) is 11.1. The second-order valence-corrected chi connectivity index (χ2v) is 3.89. The number of nitrogens with two attached hydrogens (primary N) is 1. The standard InChI is InChI=1S/C14H14N2O4/c1-18-11-5-3-9(14(17)19-2)7-12(11)20-13-6-4-10(15)8-16-13/h3-8H,15H2,1-2H3. The van der Waals surface area contributed by atoms with Crippen molar-refractivity contribution < 1.29 is 19.0 Å². The highest BCUT2D eigenvalue weighted by molar-refractivity contribution is 5.90. The molecule has 0 saturated heterocycles. The molecule has 2 N–H and O–H groups in total. The number of esters is 1. The van der Waals surface area contributed by atoms with E-state index in [1.54, 1.807) is 24.3 Å². The lowest BCUT2D eigenvalue weighted by Crippen LogP contribution is -2.02. The van der Waals surface area contributed by atoms with E-state index in [9.17, 15) is 4.79 Å². The molecule has 6 heteroatoms. The van der Waals surface area contributed by atoms with Gasteiger partial charge in [0.05, 0.1) is 31.7 Å². The fourth-order valence-electron chi connectivity index (χ4n) is 1.57. The number of anilines is 1. The van der Waals surface area contributed by atoms with Crippen molar-refractivity contribution in [2.75, 3.05) is 20.0 Å². The summed E-state index contributed by atoms with van der Waals surface area (Å²) >= 11 is 0. The van der Waals surface area contributed by atoms with E-state index in [-0.39, 0.29) is 0 Å². The van der Waals surface area contributed by atoms with Gasteiger partial charge in [0.15, 0.2) is 11.5 Å². The first-order valence-corrected chi connectivity index (χ1v) is 5.79. The summed E-state index contributed by atoms with van der Waals surface area (Å²) in [6.45, 7) is 0. The lowest BCUT2D eigenvalue weighted by molar-refractivity contribution is 0.0600. The topological polar surface area (TPSA) is 83.7 Å². The Kier molecular flexibility index (Phi) is 4.05. The quantitative estimate of drug-likeness (QED) is 0.861. The Morgan fingerprint density at radius 3 is 2.55 bits per heavy atom. The highest BCUT2D eigenvalue weighted by Gasteiger charge is 2.12. The number of hydrogen-bond donors (Lipinski definition) is 1. The molecule has 0 amide bonds. The van der Waals surface area contributed by atoms with Crippen LogP contribution in [-0.4, -0.2) is 25.2 Å². The van der Waals surface area contributed by atoms with E-state index >= 15 is 0 Å². The summed E-state index contributed by atoms with van der Waals surface area (Å²) in [6.07, 6.45) is 1.48. The van der Waals surface area contributed by atoms with Crippen molar-refractivity contribution in [2.45, 2.75) is 0 Å². The van der Waals surface area contributed by atoms with Crippen LogP contribution in [0.1, 0.15) is 10.4 Å². The van der Waals surface area contributed by atoms with E-state index in [1.165, 1.54) is 26.5 Å². The van der Waals surface area contributed by atoms with E-state index in [4.69, 9.17) is 15.2 Å². The number of nitrogen functional groups attached to an aromatic ring is 1. The fraction of sp³-hybridized carbons (Fsp3) is 0.143. The first kappa shape index (κ1) is 13.7. The minimum Gasteiger partial charge on any atom is -0.493 e. The van der Waals surface area contributed by atoms with Crippen molar-refractivity contribution in [3.8, 4) is 17.4 Å². The second kappa shape index (κ2) is 5.92. The van der Waals surface area contributed by atoms with Gasteiger partial charge in [-0.2, -0.15) is 0 Å². The zero-order chi connectivity index (χ0) is 14.5. The smallest absolute Gasteiger partial charge is 0.337 e. The molecule has 0 aliphatic rings. The third-order valence-corrected chi connectivity index (χ3v) is 2.56. The SMILES string of the molecule is COC(=O)c1ccc(OC)c(Oc2ccc(N)cn2)c1. The van der Waals surface area contributed by atoms with Crippen LogP contribution >= 0.6 is 0 Å². The van der Waals surface area contributed by atoms with Gasteiger partial charge in [0.2, 0.25) is 5.88 Å². The fourth-order valence-corrected chi connectivity index (χ4v) is 1.57. The molecule has 2 aromatic rings. The summed E-state index contributed by atoms with van der Waals surface area (Å²) in [7, 11) is 2.82. The number of hydrogen-bond acceptors (Lipinski definition) is 6. The van der Waals surface area contributed by atoms with Gasteiger partial charge < -0.3 is 19.9 Å². The van der Waals surface area contributed by atoms with E-state index in [0.717, 1.165) is 0 Å². The molecule has 104 valence electrons. The minimum atomic E-state index is -0.456. The molecule has 0 fully saturated rings. The maximum atomic E-state index is 11.5. The molecule has 1 aromatic heterocycles. The lowest BCUT2D eigenvalue weighted by Gasteiger charge is -2.10. The van der Waals surface area contributed by atoms with Crippen LogP contribution in [0.3, 0.4) is 0 Å². The number of benzene rings is 1. The molecule has 2 rings (SSSR count). The second-order valence-electron chi connectivity index (χ2n) is 3.89. The number of ether oxygens (including phenoxy) is 3. The highest BCUT2D eigenvalue weighted by atomic mass is 16.5. The summed E-state index contributed by atoms with van der Waals surface area (Å²) in [6, 6.07) is 8.04. The molecule has 0 spiro atoms. The van der Waals surface area contributed by atoms with E-state index < -0.39 is 5.97 Å². The molecule has 0 aliphatic heterocycles. The first-order chi connectivity index (χ1) is 9.63. The molecule has 1 aromatic carbocycles. The largest absolute Gasteiger partial charge is 0.493 e. The molecule has 0 aliphatic carbocycles. The van der Waals surface area contributed by atoms with Crippen LogP contribution in [0.25, 0.3) is 0 Å². The Hall–Kier alpha value is -2.76. The molecule has 0 radical (unpaired) electrons. The van der Waals surface area contributed by atoms with Crippen molar-refractivity contribution in [1.82, 2.24) is 4.98 Å². The molecule has 0 bridgehead atoms. The van der Waals surface area contributed by atoms with Crippen molar-refractivity contribution >= 4 is 11.7 Å². The predicted octanol–water partition coefficient (Wildman–Crippen LogP) is 2.25. The Morgan fingerprint density at radius 2 is 1.95 bits per heavy atom. The lowest BCUT2D eigenvalue weighted by atomic mass is 10.2. The van der Waals surface area contributed by atoms with Gasteiger partial charge in [0, 0.05) is 6.07 Å². The monoisotopic (exact) mass is 274 g/mol. The molecule has 1 heterocycles. The Labute approximate surface area is 116 Å². The number of methoxy groups -OCH3 is 2. The van der Waals surface area contributed by atoms with Crippen LogP contribution in [0.4, 0.5) is 5.69 Å². The summed E-state index contributed by atoms with van der Waals surface area (Å²) in [5.74, 6) is 0.742. The van der Waals surface area contributed by atoms with Crippen molar-refractivity contribution in [2.24, 2.45) is 0 Å². The van der Waals surface area contributed by atoms with Gasteiger partial charge in [-0.15, -0.1) is 0 Å². The normalized spacial score (nSPS) is 9.90. The number of carbonyl (C=O) groups excluding carboxylic acids is 1. The molecule has 0 unspecified atom stereocenters. The van der Waals surface area contributed by atoms with Crippen molar-refractivity contribution in [1.29, 1.82) is 0 Å². The van der Waals surface area contributed by atoms with E-state index in [2.05, 4.69) is 9.72 Å². The van der Waals surface area contributed by atoms with Crippen LogP contribution in [0, 0.1) is 0 Å². The summed E-state index contributed by atoms with van der Waals surface area (Å²) in [5.41, 5.74) is 6.45. The predicted molar refractivity (Wildman–Crippen MR) is 73.1 cm³/mol. The van der Waals surface area contributed by atoms with Crippen LogP contribution in [-0.2, 0) is 4.74 Å². The van der Waals surface area contributed by atoms with Crippen molar-refractivity contribution in [3.63, 3.8) is 0 Å². The third kappa shape index (κ3) is 2.97. The van der Waals surface area contributed by atoms with Crippen LogP contribution < -0.4 is 15.2 Å².